The Morgan fingerprint density at radius 1 is 1.19 bits per heavy atom. The fourth-order valence-electron chi connectivity index (χ4n) is 2.53. The summed E-state index contributed by atoms with van der Waals surface area (Å²) < 4.78 is 0. The molecule has 2 heteroatoms. The summed E-state index contributed by atoms with van der Waals surface area (Å²) in [6.45, 7) is 5.60. The van der Waals surface area contributed by atoms with Crippen molar-refractivity contribution in [2.24, 2.45) is 11.8 Å². The van der Waals surface area contributed by atoms with Gasteiger partial charge in [-0.05, 0) is 31.6 Å². The molecule has 96 valence electrons. The summed E-state index contributed by atoms with van der Waals surface area (Å²) in [4.78, 5) is 0. The molecule has 2 atom stereocenters. The Morgan fingerprint density at radius 2 is 1.88 bits per heavy atom. The highest BCUT2D eigenvalue weighted by molar-refractivity contribution is 4.70. The molecule has 1 aliphatic carbocycles. The van der Waals surface area contributed by atoms with E-state index in [-0.39, 0.29) is 0 Å². The first-order valence-corrected chi connectivity index (χ1v) is 7.06. The Kier molecular flexibility index (Phi) is 7.06. The monoisotopic (exact) mass is 227 g/mol. The van der Waals surface area contributed by atoms with E-state index < -0.39 is 0 Å². The number of hydrogen-bond donors (Lipinski definition) is 2. The molecule has 1 rings (SSSR count). The van der Waals surface area contributed by atoms with E-state index in [4.69, 9.17) is 5.11 Å². The molecular weight excluding hydrogens is 198 g/mol. The van der Waals surface area contributed by atoms with Gasteiger partial charge in [0.05, 0.1) is 0 Å². The number of hydrogen-bond acceptors (Lipinski definition) is 2. The van der Waals surface area contributed by atoms with Crippen molar-refractivity contribution in [2.75, 3.05) is 13.2 Å². The summed E-state index contributed by atoms with van der Waals surface area (Å²) in [5.41, 5.74) is 0. The maximum atomic E-state index is 8.94. The van der Waals surface area contributed by atoms with Crippen molar-refractivity contribution < 1.29 is 5.11 Å². The zero-order valence-corrected chi connectivity index (χ0v) is 11.0. The van der Waals surface area contributed by atoms with Crippen LogP contribution in [-0.4, -0.2) is 24.3 Å². The molecule has 2 unspecified atom stereocenters. The molecular formula is C14H29NO. The highest BCUT2D eigenvalue weighted by Gasteiger charge is 2.14. The van der Waals surface area contributed by atoms with Gasteiger partial charge in [-0.3, -0.25) is 0 Å². The fourth-order valence-corrected chi connectivity index (χ4v) is 2.53. The van der Waals surface area contributed by atoms with E-state index in [1.807, 2.05) is 0 Å². The first-order chi connectivity index (χ1) is 7.72. The second-order valence-corrected chi connectivity index (χ2v) is 5.68. The molecule has 0 aromatic heterocycles. The van der Waals surface area contributed by atoms with Crippen molar-refractivity contribution in [1.82, 2.24) is 5.32 Å². The lowest BCUT2D eigenvalue weighted by Gasteiger charge is -2.23. The van der Waals surface area contributed by atoms with Gasteiger partial charge in [0.2, 0.25) is 0 Å². The molecule has 1 saturated carbocycles. The van der Waals surface area contributed by atoms with Crippen LogP contribution < -0.4 is 5.32 Å². The normalized spacial score (nSPS) is 21.9. The van der Waals surface area contributed by atoms with Crippen molar-refractivity contribution in [1.29, 1.82) is 0 Å². The smallest absolute Gasteiger partial charge is 0.0468 e. The van der Waals surface area contributed by atoms with E-state index in [0.29, 0.717) is 18.6 Å². The van der Waals surface area contributed by atoms with Crippen LogP contribution in [0.3, 0.4) is 0 Å². The minimum Gasteiger partial charge on any atom is -0.396 e. The van der Waals surface area contributed by atoms with Gasteiger partial charge in [-0.25, -0.2) is 0 Å². The first-order valence-electron chi connectivity index (χ1n) is 7.06. The highest BCUT2D eigenvalue weighted by Crippen LogP contribution is 2.27. The Balaban J connectivity index is 2.02. The van der Waals surface area contributed by atoms with Crippen molar-refractivity contribution in [3.63, 3.8) is 0 Å². The van der Waals surface area contributed by atoms with Crippen LogP contribution in [-0.2, 0) is 0 Å². The van der Waals surface area contributed by atoms with Gasteiger partial charge in [0.15, 0.2) is 0 Å². The molecule has 0 saturated heterocycles. The summed E-state index contributed by atoms with van der Waals surface area (Å²) in [5.74, 6) is 1.38. The largest absolute Gasteiger partial charge is 0.396 e. The van der Waals surface area contributed by atoms with Crippen molar-refractivity contribution >= 4 is 0 Å². The summed E-state index contributed by atoms with van der Waals surface area (Å²) >= 11 is 0. The van der Waals surface area contributed by atoms with Gasteiger partial charge < -0.3 is 10.4 Å². The second kappa shape index (κ2) is 8.08. The van der Waals surface area contributed by atoms with Crippen molar-refractivity contribution in [2.45, 2.75) is 64.8 Å². The zero-order valence-electron chi connectivity index (χ0n) is 11.0. The zero-order chi connectivity index (χ0) is 11.8. The van der Waals surface area contributed by atoms with Gasteiger partial charge in [-0.15, -0.1) is 0 Å². The molecule has 1 aliphatic rings. The van der Waals surface area contributed by atoms with Crippen LogP contribution in [0, 0.1) is 11.8 Å². The van der Waals surface area contributed by atoms with Gasteiger partial charge in [0, 0.05) is 19.2 Å². The van der Waals surface area contributed by atoms with Crippen LogP contribution in [0.2, 0.25) is 0 Å². The minimum absolute atomic E-state index is 0.294. The SMILES string of the molecule is CC(CO)CNC(C)CCC1CCCCC1. The molecule has 0 aromatic carbocycles. The van der Waals surface area contributed by atoms with E-state index in [2.05, 4.69) is 19.2 Å². The van der Waals surface area contributed by atoms with E-state index in [9.17, 15) is 0 Å². The van der Waals surface area contributed by atoms with Gasteiger partial charge in [0.25, 0.3) is 0 Å². The molecule has 2 N–H and O–H groups in total. The number of nitrogens with one attached hydrogen (secondary N) is 1. The molecule has 0 spiro atoms. The first kappa shape index (κ1) is 14.0. The van der Waals surface area contributed by atoms with Crippen LogP contribution >= 0.6 is 0 Å². The maximum Gasteiger partial charge on any atom is 0.0468 e. The lowest BCUT2D eigenvalue weighted by atomic mass is 9.85. The number of rotatable bonds is 7. The quantitative estimate of drug-likeness (QED) is 0.701. The topological polar surface area (TPSA) is 32.3 Å². The summed E-state index contributed by atoms with van der Waals surface area (Å²) in [5, 5.41) is 12.5. The lowest BCUT2D eigenvalue weighted by Crippen LogP contribution is -2.31. The summed E-state index contributed by atoms with van der Waals surface area (Å²) in [6, 6.07) is 0.607. The minimum atomic E-state index is 0.294. The van der Waals surface area contributed by atoms with Crippen LogP contribution in [0.5, 0.6) is 0 Å². The van der Waals surface area contributed by atoms with E-state index in [1.165, 1.54) is 44.9 Å². The van der Waals surface area contributed by atoms with Crippen molar-refractivity contribution in [3.05, 3.63) is 0 Å². The molecule has 16 heavy (non-hydrogen) atoms. The lowest BCUT2D eigenvalue weighted by molar-refractivity contribution is 0.228. The van der Waals surface area contributed by atoms with Gasteiger partial charge >= 0.3 is 0 Å². The Hall–Kier alpha value is -0.0800. The van der Waals surface area contributed by atoms with Gasteiger partial charge in [-0.1, -0.05) is 39.0 Å². The molecule has 0 bridgehead atoms. The van der Waals surface area contributed by atoms with Crippen LogP contribution in [0.1, 0.15) is 58.8 Å². The third-order valence-electron chi connectivity index (χ3n) is 3.86. The summed E-state index contributed by atoms with van der Waals surface area (Å²) in [6.07, 6.45) is 9.96. The Labute approximate surface area is 101 Å². The fraction of sp³-hybridized carbons (Fsp3) is 1.00. The predicted octanol–water partition coefficient (Wildman–Crippen LogP) is 2.95. The molecule has 0 amide bonds. The standard InChI is InChI=1S/C14H29NO/c1-12(11-16)10-15-13(2)8-9-14-6-4-3-5-7-14/h12-16H,3-11H2,1-2H3. The van der Waals surface area contributed by atoms with Crippen LogP contribution in [0.15, 0.2) is 0 Å². The Morgan fingerprint density at radius 3 is 2.50 bits per heavy atom. The van der Waals surface area contributed by atoms with E-state index in [1.54, 1.807) is 0 Å². The molecule has 0 heterocycles. The van der Waals surface area contributed by atoms with Crippen molar-refractivity contribution in [3.8, 4) is 0 Å². The van der Waals surface area contributed by atoms with Crippen LogP contribution in [0.25, 0.3) is 0 Å². The van der Waals surface area contributed by atoms with Gasteiger partial charge in [-0.2, -0.15) is 0 Å². The average molecular weight is 227 g/mol. The average Bonchev–Trinajstić information content (AvgIpc) is 2.34. The number of aliphatic hydroxyl groups excluding tert-OH is 1. The third kappa shape index (κ3) is 5.86. The van der Waals surface area contributed by atoms with E-state index >= 15 is 0 Å². The third-order valence-corrected chi connectivity index (χ3v) is 3.86. The maximum absolute atomic E-state index is 8.94. The second-order valence-electron chi connectivity index (χ2n) is 5.68. The molecule has 1 fully saturated rings. The molecule has 0 radical (unpaired) electrons. The van der Waals surface area contributed by atoms with E-state index in [0.717, 1.165) is 12.5 Å². The number of aliphatic hydroxyl groups is 1. The van der Waals surface area contributed by atoms with Gasteiger partial charge in [0.1, 0.15) is 0 Å². The molecule has 0 aromatic rings. The summed E-state index contributed by atoms with van der Waals surface area (Å²) in [7, 11) is 0. The van der Waals surface area contributed by atoms with Crippen LogP contribution in [0.4, 0.5) is 0 Å². The predicted molar refractivity (Wildman–Crippen MR) is 69.5 cm³/mol. The molecule has 2 nitrogen and oxygen atoms in total. The molecule has 0 aliphatic heterocycles. The Bertz CT molecular complexity index is 166. The highest BCUT2D eigenvalue weighted by atomic mass is 16.3.